The number of benzene rings is 1. The Kier molecular flexibility index (Phi) is 4.47. The van der Waals surface area contributed by atoms with Gasteiger partial charge in [0, 0.05) is 11.3 Å². The molecule has 2 N–H and O–H groups in total. The number of thioether (sulfide) groups is 1. The van der Waals surface area contributed by atoms with Gasteiger partial charge in [-0.3, -0.25) is 19.7 Å². The minimum Gasteiger partial charge on any atom is -0.467 e. The third-order valence-electron chi connectivity index (χ3n) is 3.33. The van der Waals surface area contributed by atoms with E-state index in [4.69, 9.17) is 4.42 Å². The number of nitrogens with one attached hydrogen (secondary N) is 2. The summed E-state index contributed by atoms with van der Waals surface area (Å²) in [5.74, 6) is -0.198. The Bertz CT molecular complexity index is 742. The highest BCUT2D eigenvalue weighted by Gasteiger charge is 2.32. The molecule has 7 heteroatoms. The van der Waals surface area contributed by atoms with E-state index in [0.717, 1.165) is 0 Å². The Morgan fingerprint density at radius 3 is 2.78 bits per heavy atom. The highest BCUT2D eigenvalue weighted by molar-refractivity contribution is 8.00. The number of rotatable bonds is 5. The molecule has 6 nitrogen and oxygen atoms in total. The van der Waals surface area contributed by atoms with Gasteiger partial charge < -0.3 is 9.73 Å². The molecule has 0 aliphatic carbocycles. The molecule has 23 heavy (non-hydrogen) atoms. The summed E-state index contributed by atoms with van der Waals surface area (Å²) in [4.78, 5) is 36.0. The molecular formula is C16H14N2O4S. The Labute approximate surface area is 136 Å². The monoisotopic (exact) mass is 330 g/mol. The van der Waals surface area contributed by atoms with Crippen LogP contribution in [0.1, 0.15) is 22.5 Å². The van der Waals surface area contributed by atoms with Crippen molar-refractivity contribution in [3.05, 3.63) is 54.0 Å². The van der Waals surface area contributed by atoms with Gasteiger partial charge in [-0.15, -0.1) is 11.8 Å². The van der Waals surface area contributed by atoms with Gasteiger partial charge in [-0.05, 0) is 24.3 Å². The first kappa shape index (κ1) is 15.4. The summed E-state index contributed by atoms with van der Waals surface area (Å²) in [6.07, 6.45) is 1.67. The largest absolute Gasteiger partial charge is 0.467 e. The molecule has 0 bridgehead atoms. The van der Waals surface area contributed by atoms with Crippen LogP contribution in [0.3, 0.4) is 0 Å². The van der Waals surface area contributed by atoms with Crippen molar-refractivity contribution in [2.24, 2.45) is 0 Å². The van der Waals surface area contributed by atoms with Gasteiger partial charge >= 0.3 is 0 Å². The number of hydrogen-bond donors (Lipinski definition) is 2. The van der Waals surface area contributed by atoms with Crippen LogP contribution in [0, 0.1) is 0 Å². The normalized spacial score (nSPS) is 17.1. The number of furan rings is 1. The third kappa shape index (κ3) is 3.62. The van der Waals surface area contributed by atoms with Crippen molar-refractivity contribution in [1.82, 2.24) is 10.6 Å². The predicted molar refractivity (Wildman–Crippen MR) is 83.7 cm³/mol. The number of hydrogen-bond acceptors (Lipinski definition) is 5. The second-order valence-electron chi connectivity index (χ2n) is 4.98. The van der Waals surface area contributed by atoms with E-state index in [2.05, 4.69) is 10.6 Å². The molecule has 1 aromatic heterocycles. The van der Waals surface area contributed by atoms with Crippen LogP contribution in [0.15, 0.2) is 52.0 Å². The minimum absolute atomic E-state index is 0.131. The van der Waals surface area contributed by atoms with Gasteiger partial charge in [-0.25, -0.2) is 0 Å². The molecule has 118 valence electrons. The zero-order valence-electron chi connectivity index (χ0n) is 12.1. The topological polar surface area (TPSA) is 88.4 Å². The molecular weight excluding hydrogens is 316 g/mol. The maximum Gasteiger partial charge on any atom is 0.252 e. The van der Waals surface area contributed by atoms with Gasteiger partial charge in [0.2, 0.25) is 11.8 Å². The summed E-state index contributed by atoms with van der Waals surface area (Å²) >= 11 is 1.22. The molecule has 0 unspecified atom stereocenters. The smallest absolute Gasteiger partial charge is 0.252 e. The number of carbonyl (C=O) groups excluding carboxylic acids is 3. The summed E-state index contributed by atoms with van der Waals surface area (Å²) in [6, 6.07) is 10.5. The van der Waals surface area contributed by atoms with Crippen molar-refractivity contribution in [3.63, 3.8) is 0 Å². The van der Waals surface area contributed by atoms with Gasteiger partial charge in [0.1, 0.15) is 5.76 Å². The molecule has 1 aliphatic rings. The van der Waals surface area contributed by atoms with E-state index in [1.54, 1.807) is 42.7 Å². The van der Waals surface area contributed by atoms with Crippen molar-refractivity contribution >= 4 is 29.5 Å². The van der Waals surface area contributed by atoms with E-state index in [1.807, 2.05) is 0 Å². The van der Waals surface area contributed by atoms with Gasteiger partial charge in [0.05, 0.1) is 23.6 Å². The SMILES string of the molecule is O=C1C[C@H](Sc2ccccc2C(=O)NCc2ccco2)C(=O)N1. The number of carbonyl (C=O) groups is 3. The second kappa shape index (κ2) is 6.70. The van der Waals surface area contributed by atoms with Crippen LogP contribution in [0.25, 0.3) is 0 Å². The Morgan fingerprint density at radius 1 is 1.26 bits per heavy atom. The summed E-state index contributed by atoms with van der Waals surface area (Å²) in [7, 11) is 0. The molecule has 3 amide bonds. The van der Waals surface area contributed by atoms with E-state index in [1.165, 1.54) is 11.8 Å². The van der Waals surface area contributed by atoms with Crippen LogP contribution < -0.4 is 10.6 Å². The molecule has 1 saturated heterocycles. The Balaban J connectivity index is 1.71. The standard InChI is InChI=1S/C16H14N2O4S/c19-14-8-13(16(21)18-14)23-12-6-2-1-5-11(12)15(20)17-9-10-4-3-7-22-10/h1-7,13H,8-9H2,(H,17,20)(H,18,19,21)/t13-/m0/s1. The highest BCUT2D eigenvalue weighted by atomic mass is 32.2. The maximum absolute atomic E-state index is 12.3. The molecule has 2 heterocycles. The lowest BCUT2D eigenvalue weighted by Crippen LogP contribution is -2.24. The van der Waals surface area contributed by atoms with Gasteiger partial charge in [0.25, 0.3) is 5.91 Å². The van der Waals surface area contributed by atoms with Crippen molar-refractivity contribution in [3.8, 4) is 0 Å². The summed E-state index contributed by atoms with van der Waals surface area (Å²) < 4.78 is 5.17. The molecule has 1 fully saturated rings. The molecule has 1 aromatic carbocycles. The number of imide groups is 1. The van der Waals surface area contributed by atoms with Crippen LogP contribution in [-0.2, 0) is 16.1 Å². The minimum atomic E-state index is -0.499. The lowest BCUT2D eigenvalue weighted by Gasteiger charge is -2.11. The highest BCUT2D eigenvalue weighted by Crippen LogP contribution is 2.30. The van der Waals surface area contributed by atoms with Crippen LogP contribution in [0.5, 0.6) is 0 Å². The third-order valence-corrected chi connectivity index (χ3v) is 4.61. The Morgan fingerprint density at radius 2 is 2.09 bits per heavy atom. The van der Waals surface area contributed by atoms with Gasteiger partial charge in [-0.1, -0.05) is 12.1 Å². The van der Waals surface area contributed by atoms with Gasteiger partial charge in [-0.2, -0.15) is 0 Å². The summed E-state index contributed by atoms with van der Waals surface area (Å²) in [6.45, 7) is 0.285. The molecule has 0 radical (unpaired) electrons. The first-order valence-electron chi connectivity index (χ1n) is 7.03. The predicted octanol–water partition coefficient (Wildman–Crippen LogP) is 1.72. The van der Waals surface area contributed by atoms with E-state index in [9.17, 15) is 14.4 Å². The fourth-order valence-corrected chi connectivity index (χ4v) is 3.36. The zero-order valence-corrected chi connectivity index (χ0v) is 12.9. The van der Waals surface area contributed by atoms with E-state index >= 15 is 0 Å². The first-order valence-corrected chi connectivity index (χ1v) is 7.91. The first-order chi connectivity index (χ1) is 11.1. The fourth-order valence-electron chi connectivity index (χ4n) is 2.21. The van der Waals surface area contributed by atoms with Crippen molar-refractivity contribution in [2.75, 3.05) is 0 Å². The van der Waals surface area contributed by atoms with Crippen molar-refractivity contribution < 1.29 is 18.8 Å². The van der Waals surface area contributed by atoms with E-state index in [0.29, 0.717) is 16.2 Å². The van der Waals surface area contributed by atoms with Crippen molar-refractivity contribution in [2.45, 2.75) is 23.1 Å². The second-order valence-corrected chi connectivity index (χ2v) is 6.23. The van der Waals surface area contributed by atoms with Crippen LogP contribution in [0.2, 0.25) is 0 Å². The van der Waals surface area contributed by atoms with Crippen molar-refractivity contribution in [1.29, 1.82) is 0 Å². The molecule has 0 spiro atoms. The molecule has 0 saturated carbocycles. The molecule has 3 rings (SSSR count). The average molecular weight is 330 g/mol. The van der Waals surface area contributed by atoms with E-state index in [-0.39, 0.29) is 30.7 Å². The summed E-state index contributed by atoms with van der Waals surface area (Å²) in [5, 5.41) is 4.54. The number of amides is 3. The maximum atomic E-state index is 12.3. The quantitative estimate of drug-likeness (QED) is 0.815. The van der Waals surface area contributed by atoms with Crippen LogP contribution in [0.4, 0.5) is 0 Å². The molecule has 2 aromatic rings. The fraction of sp³-hybridized carbons (Fsp3) is 0.188. The molecule has 1 atom stereocenters. The zero-order chi connectivity index (χ0) is 16.2. The van der Waals surface area contributed by atoms with Crippen LogP contribution >= 0.6 is 11.8 Å². The van der Waals surface area contributed by atoms with Gasteiger partial charge in [0.15, 0.2) is 0 Å². The average Bonchev–Trinajstić information content (AvgIpc) is 3.15. The molecule has 1 aliphatic heterocycles. The van der Waals surface area contributed by atoms with Crippen LogP contribution in [-0.4, -0.2) is 23.0 Å². The lowest BCUT2D eigenvalue weighted by atomic mass is 10.2. The lowest BCUT2D eigenvalue weighted by molar-refractivity contribution is -0.124. The summed E-state index contributed by atoms with van der Waals surface area (Å²) in [5.41, 5.74) is 0.469. The van der Waals surface area contributed by atoms with E-state index < -0.39 is 5.25 Å². The Hall–Kier alpha value is -2.54.